The smallest absolute Gasteiger partial charge is 0.335 e. The molecule has 3 rings (SSSR count). The van der Waals surface area contributed by atoms with Crippen molar-refractivity contribution in [3.63, 3.8) is 0 Å². The van der Waals surface area contributed by atoms with Gasteiger partial charge in [0.25, 0.3) is 0 Å². The van der Waals surface area contributed by atoms with Gasteiger partial charge < -0.3 is 29.0 Å². The maximum atomic E-state index is 12.5. The Balaban J connectivity index is 2.27. The predicted octanol–water partition coefficient (Wildman–Crippen LogP) is 4.66. The number of anilines is 2. The van der Waals surface area contributed by atoms with E-state index in [0.29, 0.717) is 5.75 Å². The van der Waals surface area contributed by atoms with Gasteiger partial charge in [0.05, 0.1) is 35.6 Å². The lowest BCUT2D eigenvalue weighted by atomic mass is 10.1. The molecule has 0 fully saturated rings. The van der Waals surface area contributed by atoms with Crippen LogP contribution in [0, 0.1) is 0 Å². The topological polar surface area (TPSA) is 141 Å². The number of halogens is 1. The van der Waals surface area contributed by atoms with E-state index in [2.05, 4.69) is 4.98 Å². The van der Waals surface area contributed by atoms with Gasteiger partial charge in [-0.15, -0.1) is 0 Å². The molecule has 2 aromatic carbocycles. The van der Waals surface area contributed by atoms with Crippen LogP contribution in [-0.4, -0.2) is 50.3 Å². The summed E-state index contributed by atoms with van der Waals surface area (Å²) in [6.07, 6.45) is 1.53. The molecule has 1 heterocycles. The zero-order valence-electron chi connectivity index (χ0n) is 19.6. The number of ether oxygens (including phenoxy) is 3. The molecule has 1 atom stereocenters. The van der Waals surface area contributed by atoms with E-state index in [0.717, 1.165) is 22.0 Å². The average Bonchev–Trinajstić information content (AvgIpc) is 2.85. The second kappa shape index (κ2) is 12.0. The predicted molar refractivity (Wildman–Crippen MR) is 133 cm³/mol. The molecule has 0 aliphatic carbocycles. The Kier molecular flexibility index (Phi) is 9.10. The molecule has 3 aromatic rings. The van der Waals surface area contributed by atoms with Crippen LogP contribution in [0.4, 0.5) is 11.5 Å². The first-order valence-corrected chi connectivity index (χ1v) is 12.1. The highest BCUT2D eigenvalue weighted by molar-refractivity contribution is 7.81. The lowest BCUT2D eigenvalue weighted by Crippen LogP contribution is -2.22. The fourth-order valence-electron chi connectivity index (χ4n) is 3.17. The van der Waals surface area contributed by atoms with Gasteiger partial charge in [-0.3, -0.25) is 8.51 Å². The molecular formula is C24H24ClN2O8S-. The zero-order valence-corrected chi connectivity index (χ0v) is 21.2. The number of carboxylic acids is 1. The number of carboxylic acid groups (broad SMARTS) is 1. The van der Waals surface area contributed by atoms with Gasteiger partial charge in [-0.2, -0.15) is 0 Å². The van der Waals surface area contributed by atoms with E-state index in [9.17, 15) is 23.8 Å². The van der Waals surface area contributed by atoms with Crippen LogP contribution in [0.1, 0.15) is 35.7 Å². The molecule has 0 amide bonds. The Morgan fingerprint density at radius 2 is 1.94 bits per heavy atom. The number of aromatic carboxylic acids is 1. The van der Waals surface area contributed by atoms with Crippen molar-refractivity contribution in [3.05, 3.63) is 64.8 Å². The number of carbonyl (C=O) groups is 1. The van der Waals surface area contributed by atoms with Crippen LogP contribution in [0.2, 0.25) is 5.02 Å². The Hall–Kier alpha value is -3.38. The van der Waals surface area contributed by atoms with E-state index in [1.54, 1.807) is 12.1 Å². The summed E-state index contributed by atoms with van der Waals surface area (Å²) in [6, 6.07) is 10.1. The third-order valence-corrected chi connectivity index (χ3v) is 5.99. The van der Waals surface area contributed by atoms with Crippen molar-refractivity contribution in [2.75, 3.05) is 24.6 Å². The second-order valence-corrected chi connectivity index (χ2v) is 8.92. The maximum absolute atomic E-state index is 12.5. The van der Waals surface area contributed by atoms with E-state index in [4.69, 9.17) is 25.8 Å². The fourth-order valence-corrected chi connectivity index (χ4v) is 3.88. The fraction of sp³-hybridized carbons (Fsp3) is 0.250. The van der Waals surface area contributed by atoms with Gasteiger partial charge in [0.1, 0.15) is 29.6 Å². The molecular weight excluding hydrogens is 512 g/mol. The number of aromatic nitrogens is 1. The summed E-state index contributed by atoms with van der Waals surface area (Å²) < 4.78 is 42.4. The largest absolute Gasteiger partial charge is 0.755 e. The quantitative estimate of drug-likeness (QED) is 0.335. The first kappa shape index (κ1) is 27.2. The standard InChI is InChI=1S/C24H25ClN2O8S/c1-14(2)15-4-7-22(26-13-15)27(36(31)32)19-10-16(24(29)30)11-21(34-9-8-28)23(19)35-20-12-17(33-3)5-6-18(20)25/h4-7,10-14,28H,8-9H2,1-3H3,(H,29,30)(H,31,32)/p-1. The second-order valence-electron chi connectivity index (χ2n) is 7.71. The van der Waals surface area contributed by atoms with Gasteiger partial charge in [0.2, 0.25) is 0 Å². The first-order chi connectivity index (χ1) is 17.2. The van der Waals surface area contributed by atoms with Crippen molar-refractivity contribution in [3.8, 4) is 23.0 Å². The number of rotatable bonds is 11. The number of aliphatic hydroxyl groups excluding tert-OH is 1. The molecule has 1 unspecified atom stereocenters. The summed E-state index contributed by atoms with van der Waals surface area (Å²) in [5.41, 5.74) is 0.400. The third kappa shape index (κ3) is 6.24. The minimum atomic E-state index is -2.95. The molecule has 192 valence electrons. The molecule has 2 N–H and O–H groups in total. The SMILES string of the molecule is COc1ccc(Cl)c(Oc2c(OCCO)cc(C(=O)O)cc2N(c2ccc(C(C)C)cn2)S(=O)[O-])c1. The molecule has 1 aromatic heterocycles. The molecule has 36 heavy (non-hydrogen) atoms. The summed E-state index contributed by atoms with van der Waals surface area (Å²) in [4.78, 5) is 16.1. The number of aliphatic hydroxyl groups is 1. The highest BCUT2D eigenvalue weighted by Gasteiger charge is 2.25. The van der Waals surface area contributed by atoms with E-state index >= 15 is 0 Å². The monoisotopic (exact) mass is 535 g/mol. The van der Waals surface area contributed by atoms with Gasteiger partial charge in [-0.25, -0.2) is 9.78 Å². The van der Waals surface area contributed by atoms with Crippen LogP contribution < -0.4 is 18.5 Å². The summed E-state index contributed by atoms with van der Waals surface area (Å²) in [5, 5.41) is 19.1. The van der Waals surface area contributed by atoms with Gasteiger partial charge in [-0.05, 0) is 41.8 Å². The van der Waals surface area contributed by atoms with Crippen LogP contribution in [0.25, 0.3) is 0 Å². The van der Waals surface area contributed by atoms with Crippen molar-refractivity contribution in [2.45, 2.75) is 19.8 Å². The molecule has 10 nitrogen and oxygen atoms in total. The van der Waals surface area contributed by atoms with Crippen LogP contribution in [-0.2, 0) is 11.3 Å². The van der Waals surface area contributed by atoms with Crippen molar-refractivity contribution < 1.29 is 38.0 Å². The van der Waals surface area contributed by atoms with Gasteiger partial charge in [0, 0.05) is 12.3 Å². The number of benzene rings is 2. The summed E-state index contributed by atoms with van der Waals surface area (Å²) in [5.74, 6) is -0.990. The van der Waals surface area contributed by atoms with Gasteiger partial charge in [-0.1, -0.05) is 31.5 Å². The van der Waals surface area contributed by atoms with Crippen LogP contribution >= 0.6 is 11.6 Å². The first-order valence-electron chi connectivity index (χ1n) is 10.7. The number of hydrogen-bond acceptors (Lipinski definition) is 8. The molecule has 0 radical (unpaired) electrons. The Labute approximate surface area is 215 Å². The summed E-state index contributed by atoms with van der Waals surface area (Å²) >= 11 is 3.34. The molecule has 0 saturated carbocycles. The Morgan fingerprint density at radius 1 is 1.19 bits per heavy atom. The summed E-state index contributed by atoms with van der Waals surface area (Å²) in [6.45, 7) is 3.32. The Morgan fingerprint density at radius 3 is 2.50 bits per heavy atom. The van der Waals surface area contributed by atoms with E-state index in [1.165, 1.54) is 31.5 Å². The molecule has 0 aliphatic heterocycles. The lowest BCUT2D eigenvalue weighted by Gasteiger charge is -2.28. The molecule has 0 bridgehead atoms. The van der Waals surface area contributed by atoms with Crippen molar-refractivity contribution in [2.24, 2.45) is 0 Å². The number of hydrogen-bond donors (Lipinski definition) is 2. The normalized spacial score (nSPS) is 11.8. The minimum Gasteiger partial charge on any atom is -0.755 e. The van der Waals surface area contributed by atoms with E-state index in [1.807, 2.05) is 13.8 Å². The number of methoxy groups -OCH3 is 1. The molecule has 0 saturated heterocycles. The van der Waals surface area contributed by atoms with Crippen LogP contribution in [0.3, 0.4) is 0 Å². The summed E-state index contributed by atoms with van der Waals surface area (Å²) in [7, 11) is 1.45. The number of pyridine rings is 1. The number of nitrogens with zero attached hydrogens (tertiary/aromatic N) is 2. The maximum Gasteiger partial charge on any atom is 0.335 e. The average molecular weight is 536 g/mol. The lowest BCUT2D eigenvalue weighted by molar-refractivity contribution is 0.0696. The van der Waals surface area contributed by atoms with Gasteiger partial charge in [0.15, 0.2) is 11.5 Å². The molecule has 0 spiro atoms. The van der Waals surface area contributed by atoms with Gasteiger partial charge >= 0.3 is 5.97 Å². The Bertz CT molecular complexity index is 1250. The highest BCUT2D eigenvalue weighted by atomic mass is 35.5. The molecule has 12 heteroatoms. The highest BCUT2D eigenvalue weighted by Crippen LogP contribution is 2.46. The zero-order chi connectivity index (χ0) is 26.4. The van der Waals surface area contributed by atoms with E-state index in [-0.39, 0.29) is 58.5 Å². The van der Waals surface area contributed by atoms with Crippen molar-refractivity contribution in [1.82, 2.24) is 4.98 Å². The van der Waals surface area contributed by atoms with Crippen molar-refractivity contribution >= 4 is 40.3 Å². The minimum absolute atomic E-state index is 0.00929. The van der Waals surface area contributed by atoms with E-state index < -0.39 is 17.2 Å². The third-order valence-electron chi connectivity index (χ3n) is 4.99. The van der Waals surface area contributed by atoms with Crippen LogP contribution in [0.15, 0.2) is 48.7 Å². The molecule has 0 aliphatic rings. The van der Waals surface area contributed by atoms with Crippen molar-refractivity contribution in [1.29, 1.82) is 0 Å². The van der Waals surface area contributed by atoms with Crippen LogP contribution in [0.5, 0.6) is 23.0 Å².